The number of nitrogens with one attached hydrogen (secondary N) is 2. The number of likely N-dealkylation sites (tertiary alicyclic amines) is 1. The number of imide groups is 1. The molecule has 0 radical (unpaired) electrons. The molecule has 0 bridgehead atoms. The summed E-state index contributed by atoms with van der Waals surface area (Å²) in [6.07, 6.45) is 13.1. The van der Waals surface area contributed by atoms with E-state index in [9.17, 15) is 19.2 Å². The molecular formula is C42H50N8O4. The molecule has 4 aliphatic rings. The minimum absolute atomic E-state index is 0.0308. The number of carbonyl (C=O) groups is 3. The Labute approximate surface area is 315 Å². The van der Waals surface area contributed by atoms with Gasteiger partial charge >= 0.3 is 0 Å². The topological polar surface area (TPSA) is 142 Å². The Morgan fingerprint density at radius 2 is 1.57 bits per heavy atom. The number of fused-ring (bicyclic) bond motifs is 1. The Bertz CT molecular complexity index is 2090. The third kappa shape index (κ3) is 7.40. The van der Waals surface area contributed by atoms with Crippen molar-refractivity contribution in [3.63, 3.8) is 0 Å². The van der Waals surface area contributed by atoms with Crippen molar-refractivity contribution in [2.45, 2.75) is 95.9 Å². The van der Waals surface area contributed by atoms with Crippen LogP contribution in [0.1, 0.15) is 116 Å². The Morgan fingerprint density at radius 3 is 2.24 bits per heavy atom. The molecule has 0 spiro atoms. The number of anilines is 3. The fourth-order valence-corrected chi connectivity index (χ4v) is 9.26. The van der Waals surface area contributed by atoms with E-state index in [1.807, 2.05) is 12.3 Å². The minimum Gasteiger partial charge on any atom is -0.372 e. The van der Waals surface area contributed by atoms with Crippen LogP contribution in [0, 0.1) is 12.8 Å². The molecule has 12 nitrogen and oxygen atoms in total. The highest BCUT2D eigenvalue weighted by molar-refractivity contribution is 6.01. The first-order valence-electron chi connectivity index (χ1n) is 19.8. The van der Waals surface area contributed by atoms with Crippen molar-refractivity contribution in [1.29, 1.82) is 0 Å². The number of aryl methyl sites for hydroxylation is 1. The van der Waals surface area contributed by atoms with Crippen LogP contribution in [0.5, 0.6) is 0 Å². The van der Waals surface area contributed by atoms with Crippen LogP contribution in [-0.4, -0.2) is 74.7 Å². The van der Waals surface area contributed by atoms with Crippen LogP contribution < -0.4 is 21.1 Å². The van der Waals surface area contributed by atoms with Gasteiger partial charge in [-0.15, -0.1) is 0 Å². The van der Waals surface area contributed by atoms with E-state index in [-0.39, 0.29) is 40.7 Å². The second kappa shape index (κ2) is 15.4. The predicted octanol–water partition coefficient (Wildman–Crippen LogP) is 6.17. The lowest BCUT2D eigenvalue weighted by Crippen LogP contribution is -2.41. The Hall–Kier alpha value is -4.97. The molecule has 54 heavy (non-hydrogen) atoms. The van der Waals surface area contributed by atoms with E-state index in [4.69, 9.17) is 9.97 Å². The summed E-state index contributed by atoms with van der Waals surface area (Å²) in [7, 11) is 0. The van der Waals surface area contributed by atoms with Crippen LogP contribution in [0.4, 0.5) is 17.5 Å². The van der Waals surface area contributed by atoms with E-state index in [1.54, 1.807) is 17.7 Å². The van der Waals surface area contributed by atoms with Crippen molar-refractivity contribution in [3.8, 4) is 0 Å². The van der Waals surface area contributed by atoms with Gasteiger partial charge in [0, 0.05) is 55.6 Å². The highest BCUT2D eigenvalue weighted by atomic mass is 16.2. The van der Waals surface area contributed by atoms with Crippen LogP contribution in [0.3, 0.4) is 0 Å². The van der Waals surface area contributed by atoms with Gasteiger partial charge in [-0.1, -0.05) is 31.0 Å². The maximum Gasteiger partial charge on any atom is 0.263 e. The van der Waals surface area contributed by atoms with Crippen molar-refractivity contribution in [3.05, 3.63) is 81.4 Å². The maximum absolute atomic E-state index is 13.6. The lowest BCUT2D eigenvalue weighted by molar-refractivity contribution is -0.134. The first-order chi connectivity index (χ1) is 26.2. The fourth-order valence-electron chi connectivity index (χ4n) is 9.26. The number of rotatable bonds is 9. The molecule has 3 aromatic heterocycles. The number of piperidine rings is 3. The maximum atomic E-state index is 13.6. The summed E-state index contributed by atoms with van der Waals surface area (Å²) in [4.78, 5) is 69.0. The van der Waals surface area contributed by atoms with Crippen molar-refractivity contribution >= 4 is 46.1 Å². The van der Waals surface area contributed by atoms with Crippen LogP contribution >= 0.6 is 0 Å². The van der Waals surface area contributed by atoms with Gasteiger partial charge < -0.3 is 15.1 Å². The SMILES string of the molecule is CC(=O)c1c(C)c2cnc(Nc3ccc(C4CCN(CC5CCN(c6ccc(C7CCC(=O)NC7=O)cc6)CC5)CC4)cn3)nc2n(C2CCCC2)c1=O. The molecular weight excluding hydrogens is 681 g/mol. The zero-order valence-electron chi connectivity index (χ0n) is 31.4. The number of hydrogen-bond acceptors (Lipinski definition) is 10. The van der Waals surface area contributed by atoms with E-state index in [0.717, 1.165) is 82.2 Å². The van der Waals surface area contributed by atoms with E-state index in [2.05, 4.69) is 55.7 Å². The van der Waals surface area contributed by atoms with Crippen LogP contribution in [0.2, 0.25) is 0 Å². The van der Waals surface area contributed by atoms with Gasteiger partial charge in [0.1, 0.15) is 11.5 Å². The molecule has 4 fully saturated rings. The molecule has 4 aromatic rings. The van der Waals surface area contributed by atoms with E-state index >= 15 is 0 Å². The highest BCUT2D eigenvalue weighted by Gasteiger charge is 2.30. The third-order valence-electron chi connectivity index (χ3n) is 12.4. The predicted molar refractivity (Wildman–Crippen MR) is 208 cm³/mol. The average molecular weight is 731 g/mol. The summed E-state index contributed by atoms with van der Waals surface area (Å²) in [6, 6.07) is 12.5. The molecule has 1 aliphatic carbocycles. The van der Waals surface area contributed by atoms with Gasteiger partial charge in [0.2, 0.25) is 17.8 Å². The summed E-state index contributed by atoms with van der Waals surface area (Å²) in [5.74, 6) is 1.37. The molecule has 3 aliphatic heterocycles. The number of hydrogen-bond donors (Lipinski definition) is 2. The van der Waals surface area contributed by atoms with Crippen molar-refractivity contribution in [1.82, 2.24) is 29.7 Å². The second-order valence-electron chi connectivity index (χ2n) is 15.8. The van der Waals surface area contributed by atoms with Crippen LogP contribution in [0.25, 0.3) is 11.0 Å². The lowest BCUT2D eigenvalue weighted by atomic mass is 9.89. The van der Waals surface area contributed by atoms with E-state index < -0.39 is 0 Å². The quantitative estimate of drug-likeness (QED) is 0.152. The monoisotopic (exact) mass is 730 g/mol. The van der Waals surface area contributed by atoms with Crippen molar-refractivity contribution < 1.29 is 14.4 Å². The number of pyridine rings is 2. The van der Waals surface area contributed by atoms with Crippen LogP contribution in [0.15, 0.2) is 53.6 Å². The number of aromatic nitrogens is 4. The molecule has 12 heteroatoms. The summed E-state index contributed by atoms with van der Waals surface area (Å²) in [5.41, 5.74) is 4.62. The zero-order valence-corrected chi connectivity index (χ0v) is 31.4. The fraction of sp³-hybridized carbons (Fsp3) is 0.500. The third-order valence-corrected chi connectivity index (χ3v) is 12.4. The molecule has 1 unspecified atom stereocenters. The number of benzene rings is 1. The minimum atomic E-state index is -0.254. The van der Waals surface area contributed by atoms with Crippen molar-refractivity contribution in [2.75, 3.05) is 42.9 Å². The molecule has 3 saturated heterocycles. The molecule has 6 heterocycles. The summed E-state index contributed by atoms with van der Waals surface area (Å²) in [6.45, 7) is 8.65. The normalized spacial score (nSPS) is 20.8. The second-order valence-corrected chi connectivity index (χ2v) is 15.8. The van der Waals surface area contributed by atoms with Gasteiger partial charge in [-0.25, -0.2) is 9.97 Å². The summed E-state index contributed by atoms with van der Waals surface area (Å²) >= 11 is 0. The Morgan fingerprint density at radius 1 is 0.852 bits per heavy atom. The number of Topliss-reactive ketones (excluding diaryl/α,β-unsaturated/α-hetero) is 1. The largest absolute Gasteiger partial charge is 0.372 e. The van der Waals surface area contributed by atoms with Gasteiger partial charge in [0.25, 0.3) is 5.56 Å². The molecule has 282 valence electrons. The Kier molecular flexibility index (Phi) is 10.3. The molecule has 1 aromatic carbocycles. The van der Waals surface area contributed by atoms with Gasteiger partial charge in [0.05, 0.1) is 11.5 Å². The lowest BCUT2D eigenvalue weighted by Gasteiger charge is -2.38. The van der Waals surface area contributed by atoms with Gasteiger partial charge in [-0.05, 0) is 119 Å². The zero-order chi connectivity index (χ0) is 37.3. The molecule has 2 amide bonds. The van der Waals surface area contributed by atoms with E-state index in [0.29, 0.717) is 47.7 Å². The van der Waals surface area contributed by atoms with Gasteiger partial charge in [-0.2, -0.15) is 4.98 Å². The smallest absolute Gasteiger partial charge is 0.263 e. The first-order valence-corrected chi connectivity index (χ1v) is 19.8. The Balaban J connectivity index is 0.831. The molecule has 2 N–H and O–H groups in total. The summed E-state index contributed by atoms with van der Waals surface area (Å²) < 4.78 is 1.73. The number of amides is 2. The number of ketones is 1. The number of carbonyl (C=O) groups excluding carboxylic acids is 3. The highest BCUT2D eigenvalue weighted by Crippen LogP contribution is 2.34. The number of nitrogens with zero attached hydrogens (tertiary/aromatic N) is 6. The van der Waals surface area contributed by atoms with E-state index in [1.165, 1.54) is 31.0 Å². The average Bonchev–Trinajstić information content (AvgIpc) is 3.71. The standard InChI is InChI=1S/C42H50N8O4/c1-26-35-24-44-42(47-39(35)50(33-5-3-4-6-33)41(54)38(26)27(2)51)45-36-13-9-31(23-43-36)29-17-19-48(20-18-29)25-28-15-21-49(22-16-28)32-10-7-30(8-11-32)34-12-14-37(52)46-40(34)53/h7-11,13,23-24,28-29,33-34H,3-6,12,14-22,25H2,1-2H3,(H,46,52,53)(H,43,44,45,47). The molecule has 1 atom stereocenters. The molecule has 8 rings (SSSR count). The van der Waals surface area contributed by atoms with Crippen LogP contribution in [-0.2, 0) is 9.59 Å². The van der Waals surface area contributed by atoms with Gasteiger partial charge in [-0.3, -0.25) is 29.1 Å². The van der Waals surface area contributed by atoms with Crippen molar-refractivity contribution in [2.24, 2.45) is 5.92 Å². The molecule has 1 saturated carbocycles. The van der Waals surface area contributed by atoms with Gasteiger partial charge in [0.15, 0.2) is 5.78 Å². The summed E-state index contributed by atoms with van der Waals surface area (Å²) in [5, 5.41) is 6.45. The first kappa shape index (κ1) is 36.0.